The number of ether oxygens (including phenoxy) is 1. The van der Waals surface area contributed by atoms with Gasteiger partial charge >= 0.3 is 6.61 Å². The predicted octanol–water partition coefficient (Wildman–Crippen LogP) is 3.68. The first-order valence-corrected chi connectivity index (χ1v) is 5.83. The number of hydrogen-bond acceptors (Lipinski definition) is 4. The second-order valence-electron chi connectivity index (χ2n) is 4.15. The van der Waals surface area contributed by atoms with Crippen LogP contribution in [0.3, 0.4) is 0 Å². The van der Waals surface area contributed by atoms with Crippen molar-refractivity contribution in [1.82, 2.24) is 4.98 Å². The van der Waals surface area contributed by atoms with Gasteiger partial charge in [-0.1, -0.05) is 0 Å². The summed E-state index contributed by atoms with van der Waals surface area (Å²) in [5.41, 5.74) is 8.17. The lowest BCUT2D eigenvalue weighted by Gasteiger charge is -2.03. The lowest BCUT2D eigenvalue weighted by Crippen LogP contribution is -2.01. The summed E-state index contributed by atoms with van der Waals surface area (Å²) in [5.74, 6) is 0.485. The second kappa shape index (κ2) is 4.80. The molecule has 0 bridgehead atoms. The first kappa shape index (κ1) is 12.4. The molecule has 0 radical (unpaired) electrons. The van der Waals surface area contributed by atoms with Crippen molar-refractivity contribution < 1.29 is 17.9 Å². The van der Waals surface area contributed by atoms with Crippen LogP contribution in [0.2, 0.25) is 0 Å². The zero-order valence-corrected chi connectivity index (χ0v) is 10.2. The zero-order valence-electron chi connectivity index (χ0n) is 10.2. The van der Waals surface area contributed by atoms with Gasteiger partial charge in [0.2, 0.25) is 5.89 Å². The minimum atomic E-state index is -2.84. The molecule has 0 aliphatic heterocycles. The topological polar surface area (TPSA) is 61.3 Å². The number of oxazole rings is 1. The number of benzene rings is 2. The number of rotatable bonds is 3. The van der Waals surface area contributed by atoms with Crippen molar-refractivity contribution in [3.8, 4) is 17.2 Å². The summed E-state index contributed by atoms with van der Waals surface area (Å²) in [6.45, 7) is -2.84. The maximum absolute atomic E-state index is 12.1. The van der Waals surface area contributed by atoms with E-state index in [2.05, 4.69) is 9.72 Å². The average molecular weight is 276 g/mol. The number of nitrogens with zero attached hydrogens (tertiary/aromatic N) is 1. The maximum Gasteiger partial charge on any atom is 0.387 e. The third-order valence-electron chi connectivity index (χ3n) is 2.74. The average Bonchev–Trinajstić information content (AvgIpc) is 2.81. The number of halogens is 2. The molecule has 0 saturated carbocycles. The molecule has 3 rings (SSSR count). The fourth-order valence-electron chi connectivity index (χ4n) is 1.84. The lowest BCUT2D eigenvalue weighted by molar-refractivity contribution is -0.0498. The Morgan fingerprint density at radius 2 is 1.85 bits per heavy atom. The van der Waals surface area contributed by atoms with Crippen molar-refractivity contribution in [2.75, 3.05) is 5.73 Å². The van der Waals surface area contributed by atoms with Gasteiger partial charge in [-0.15, -0.1) is 0 Å². The molecule has 0 unspecified atom stereocenters. The van der Waals surface area contributed by atoms with Gasteiger partial charge in [0.1, 0.15) is 11.3 Å². The van der Waals surface area contributed by atoms with Gasteiger partial charge in [-0.05, 0) is 36.4 Å². The van der Waals surface area contributed by atoms with Crippen LogP contribution in [0.4, 0.5) is 14.5 Å². The SMILES string of the molecule is Nc1ccc2nc(-c3ccc(OC(F)F)cc3)oc2c1. The Morgan fingerprint density at radius 3 is 2.55 bits per heavy atom. The van der Waals surface area contributed by atoms with E-state index < -0.39 is 6.61 Å². The molecular formula is C14H10F2N2O2. The van der Waals surface area contributed by atoms with Gasteiger partial charge < -0.3 is 14.9 Å². The van der Waals surface area contributed by atoms with Gasteiger partial charge in [0.15, 0.2) is 5.58 Å². The molecule has 102 valence electrons. The molecule has 1 heterocycles. The Balaban J connectivity index is 1.94. The van der Waals surface area contributed by atoms with Crippen molar-refractivity contribution in [3.63, 3.8) is 0 Å². The highest BCUT2D eigenvalue weighted by atomic mass is 19.3. The molecule has 0 aliphatic rings. The van der Waals surface area contributed by atoms with Gasteiger partial charge in [-0.2, -0.15) is 8.78 Å². The van der Waals surface area contributed by atoms with Crippen molar-refractivity contribution >= 4 is 16.8 Å². The summed E-state index contributed by atoms with van der Waals surface area (Å²) < 4.78 is 34.0. The molecular weight excluding hydrogens is 266 g/mol. The van der Waals surface area contributed by atoms with Crippen LogP contribution in [-0.2, 0) is 0 Å². The highest BCUT2D eigenvalue weighted by Gasteiger charge is 2.09. The fraction of sp³-hybridized carbons (Fsp3) is 0.0714. The first-order valence-electron chi connectivity index (χ1n) is 5.83. The van der Waals surface area contributed by atoms with E-state index in [9.17, 15) is 8.78 Å². The number of aromatic nitrogens is 1. The van der Waals surface area contributed by atoms with Crippen LogP contribution >= 0.6 is 0 Å². The van der Waals surface area contributed by atoms with Crippen LogP contribution in [0.1, 0.15) is 0 Å². The van der Waals surface area contributed by atoms with Gasteiger partial charge in [0, 0.05) is 17.3 Å². The molecule has 2 aromatic carbocycles. The lowest BCUT2D eigenvalue weighted by atomic mass is 10.2. The minimum absolute atomic E-state index is 0.0871. The van der Waals surface area contributed by atoms with Crippen LogP contribution < -0.4 is 10.5 Å². The molecule has 4 nitrogen and oxygen atoms in total. The van der Waals surface area contributed by atoms with Gasteiger partial charge in [0.05, 0.1) is 0 Å². The van der Waals surface area contributed by atoms with Crippen LogP contribution in [0, 0.1) is 0 Å². The standard InChI is InChI=1S/C14H10F2N2O2/c15-14(16)19-10-4-1-8(2-5-10)13-18-11-6-3-9(17)7-12(11)20-13/h1-7,14H,17H2. The van der Waals surface area contributed by atoms with Crippen LogP contribution in [0.15, 0.2) is 46.9 Å². The van der Waals surface area contributed by atoms with E-state index in [1.54, 1.807) is 30.3 Å². The molecule has 1 aromatic heterocycles. The molecule has 6 heteroatoms. The van der Waals surface area contributed by atoms with Crippen molar-refractivity contribution in [2.24, 2.45) is 0 Å². The summed E-state index contributed by atoms with van der Waals surface area (Å²) in [6, 6.07) is 11.2. The molecule has 3 aromatic rings. The molecule has 0 aliphatic carbocycles. The van der Waals surface area contributed by atoms with Gasteiger partial charge in [-0.25, -0.2) is 4.98 Å². The predicted molar refractivity (Wildman–Crippen MR) is 70.5 cm³/mol. The van der Waals surface area contributed by atoms with E-state index in [1.807, 2.05) is 0 Å². The summed E-state index contributed by atoms with van der Waals surface area (Å²) in [5, 5.41) is 0. The molecule has 0 saturated heterocycles. The number of fused-ring (bicyclic) bond motifs is 1. The first-order chi connectivity index (χ1) is 9.61. The summed E-state index contributed by atoms with van der Waals surface area (Å²) in [6.07, 6.45) is 0. The summed E-state index contributed by atoms with van der Waals surface area (Å²) in [7, 11) is 0. The monoisotopic (exact) mass is 276 g/mol. The second-order valence-corrected chi connectivity index (χ2v) is 4.15. The third kappa shape index (κ3) is 2.40. The van der Waals surface area contributed by atoms with E-state index in [-0.39, 0.29) is 5.75 Å². The highest BCUT2D eigenvalue weighted by Crippen LogP contribution is 2.27. The van der Waals surface area contributed by atoms with E-state index in [1.165, 1.54) is 12.1 Å². The number of nitrogens with two attached hydrogens (primary N) is 1. The Hall–Kier alpha value is -2.63. The number of nitrogen functional groups attached to an aromatic ring is 1. The number of anilines is 1. The van der Waals surface area contributed by atoms with Crippen molar-refractivity contribution in [3.05, 3.63) is 42.5 Å². The molecule has 0 atom stereocenters. The Kier molecular flexibility index (Phi) is 2.98. The van der Waals surface area contributed by atoms with Crippen molar-refractivity contribution in [2.45, 2.75) is 6.61 Å². The van der Waals surface area contributed by atoms with E-state index in [0.29, 0.717) is 28.2 Å². The normalized spacial score (nSPS) is 11.2. The molecule has 20 heavy (non-hydrogen) atoms. The highest BCUT2D eigenvalue weighted by molar-refractivity contribution is 5.79. The van der Waals surface area contributed by atoms with E-state index in [4.69, 9.17) is 10.2 Å². The third-order valence-corrected chi connectivity index (χ3v) is 2.74. The zero-order chi connectivity index (χ0) is 14.1. The van der Waals surface area contributed by atoms with Gasteiger partial charge in [0.25, 0.3) is 0 Å². The van der Waals surface area contributed by atoms with Crippen molar-refractivity contribution in [1.29, 1.82) is 0 Å². The Morgan fingerprint density at radius 1 is 1.10 bits per heavy atom. The Bertz CT molecular complexity index is 739. The Labute approximate surface area is 112 Å². The van der Waals surface area contributed by atoms with Crippen LogP contribution in [0.25, 0.3) is 22.6 Å². The fourth-order valence-corrected chi connectivity index (χ4v) is 1.84. The number of alkyl halides is 2. The van der Waals surface area contributed by atoms with Gasteiger partial charge in [-0.3, -0.25) is 0 Å². The maximum atomic E-state index is 12.1. The summed E-state index contributed by atoms with van der Waals surface area (Å²) >= 11 is 0. The van der Waals surface area contributed by atoms with Crippen LogP contribution in [-0.4, -0.2) is 11.6 Å². The molecule has 2 N–H and O–H groups in total. The molecule has 0 amide bonds. The quantitative estimate of drug-likeness (QED) is 0.741. The minimum Gasteiger partial charge on any atom is -0.436 e. The largest absolute Gasteiger partial charge is 0.436 e. The smallest absolute Gasteiger partial charge is 0.387 e. The summed E-state index contributed by atoms with van der Waals surface area (Å²) in [4.78, 5) is 4.30. The van der Waals surface area contributed by atoms with E-state index in [0.717, 1.165) is 0 Å². The molecule has 0 fully saturated rings. The number of hydrogen-bond donors (Lipinski definition) is 1. The van der Waals surface area contributed by atoms with E-state index >= 15 is 0 Å². The molecule has 0 spiro atoms. The van der Waals surface area contributed by atoms with Crippen LogP contribution in [0.5, 0.6) is 5.75 Å².